The van der Waals surface area contributed by atoms with Gasteiger partial charge in [0.05, 0.1) is 12.2 Å². The van der Waals surface area contributed by atoms with Crippen LogP contribution in [0.2, 0.25) is 0 Å². The lowest BCUT2D eigenvalue weighted by Gasteiger charge is -2.31. The van der Waals surface area contributed by atoms with Gasteiger partial charge in [-0.2, -0.15) is 0 Å². The summed E-state index contributed by atoms with van der Waals surface area (Å²) in [6.07, 6.45) is 5.22. The van der Waals surface area contributed by atoms with E-state index in [2.05, 4.69) is 15.2 Å². The van der Waals surface area contributed by atoms with Crippen LogP contribution < -0.4 is 10.2 Å². The molecule has 2 saturated heterocycles. The lowest BCUT2D eigenvalue weighted by atomic mass is 10.1. The van der Waals surface area contributed by atoms with Crippen LogP contribution in [0.25, 0.3) is 0 Å². The Balaban J connectivity index is 1.65. The first kappa shape index (κ1) is 18.7. The number of hydrogen-bond acceptors (Lipinski definition) is 5. The molecule has 0 aliphatic carbocycles. The van der Waals surface area contributed by atoms with E-state index >= 15 is 0 Å². The second-order valence-corrected chi connectivity index (χ2v) is 7.13. The molecule has 6 nitrogen and oxygen atoms in total. The van der Waals surface area contributed by atoms with E-state index < -0.39 is 11.8 Å². The zero-order valence-electron chi connectivity index (χ0n) is 15.0. The van der Waals surface area contributed by atoms with Crippen molar-refractivity contribution < 1.29 is 9.59 Å². The molecule has 26 heavy (non-hydrogen) atoms. The number of aliphatic imine (C=N–C) groups is 1. The van der Waals surface area contributed by atoms with E-state index in [9.17, 15) is 9.59 Å². The van der Waals surface area contributed by atoms with Crippen molar-refractivity contribution >= 4 is 41.0 Å². The van der Waals surface area contributed by atoms with E-state index in [-0.39, 0.29) is 11.0 Å². The number of likely N-dealkylation sites (tertiary alicyclic amines) is 1. The third-order valence-electron chi connectivity index (χ3n) is 4.74. The van der Waals surface area contributed by atoms with E-state index in [0.717, 1.165) is 25.2 Å². The van der Waals surface area contributed by atoms with Crippen molar-refractivity contribution in [1.29, 1.82) is 0 Å². The normalized spacial score (nSPS) is 22.1. The first-order chi connectivity index (χ1) is 12.6. The fourth-order valence-electron chi connectivity index (χ4n) is 3.22. The number of carbonyl (C=O) groups is 2. The van der Waals surface area contributed by atoms with E-state index in [1.54, 1.807) is 0 Å². The van der Waals surface area contributed by atoms with Crippen molar-refractivity contribution in [2.45, 2.75) is 26.2 Å². The van der Waals surface area contributed by atoms with Gasteiger partial charge in [0.25, 0.3) is 5.91 Å². The summed E-state index contributed by atoms with van der Waals surface area (Å²) in [5, 5.41) is 2.72. The first-order valence-electron chi connectivity index (χ1n) is 9.04. The number of rotatable bonds is 5. The number of piperidine rings is 1. The molecule has 138 valence electrons. The van der Waals surface area contributed by atoms with E-state index in [0.29, 0.717) is 12.2 Å². The summed E-state index contributed by atoms with van der Waals surface area (Å²) in [6.45, 7) is 5.63. The predicted molar refractivity (Wildman–Crippen MR) is 107 cm³/mol. The van der Waals surface area contributed by atoms with Crippen LogP contribution in [-0.4, -0.2) is 54.2 Å². The summed E-state index contributed by atoms with van der Waals surface area (Å²) in [6, 6.07) is 7.45. The molecule has 0 aromatic heterocycles. The molecule has 0 bridgehead atoms. The molecule has 0 radical (unpaired) electrons. The molecule has 2 fully saturated rings. The largest absolute Gasteiger partial charge is 0.302 e. The molecule has 2 aliphatic rings. The Morgan fingerprint density at radius 1 is 1.19 bits per heavy atom. The molecule has 0 unspecified atom stereocenters. The van der Waals surface area contributed by atoms with Crippen LogP contribution >= 0.6 is 12.2 Å². The predicted octanol–water partition coefficient (Wildman–Crippen LogP) is 1.92. The van der Waals surface area contributed by atoms with Crippen LogP contribution in [0.5, 0.6) is 0 Å². The molecule has 0 spiro atoms. The molecule has 1 atom stereocenters. The topological polar surface area (TPSA) is 65.0 Å². The van der Waals surface area contributed by atoms with E-state index in [1.165, 1.54) is 30.4 Å². The van der Waals surface area contributed by atoms with Gasteiger partial charge in [-0.15, -0.1) is 0 Å². The van der Waals surface area contributed by atoms with Gasteiger partial charge in [-0.3, -0.25) is 19.5 Å². The highest BCUT2D eigenvalue weighted by molar-refractivity contribution is 7.80. The Hall–Kier alpha value is -2.12. The quantitative estimate of drug-likeness (QED) is 0.487. The van der Waals surface area contributed by atoms with Crippen LogP contribution in [0.1, 0.15) is 24.8 Å². The first-order valence-corrected chi connectivity index (χ1v) is 9.45. The van der Waals surface area contributed by atoms with Gasteiger partial charge in [0.1, 0.15) is 0 Å². The second-order valence-electron chi connectivity index (χ2n) is 6.74. The van der Waals surface area contributed by atoms with Gasteiger partial charge >= 0.3 is 0 Å². The van der Waals surface area contributed by atoms with Crippen molar-refractivity contribution in [2.24, 2.45) is 10.9 Å². The second kappa shape index (κ2) is 8.51. The maximum atomic E-state index is 12.8. The number of carbonyl (C=O) groups excluding carboxylic acids is 2. The van der Waals surface area contributed by atoms with E-state index in [1.807, 2.05) is 31.2 Å². The molecule has 0 saturated carbocycles. The Labute approximate surface area is 159 Å². The molecule has 1 aromatic carbocycles. The summed E-state index contributed by atoms with van der Waals surface area (Å²) in [5.41, 5.74) is 1.74. The number of nitrogens with one attached hydrogen (secondary N) is 1. The monoisotopic (exact) mass is 372 g/mol. The van der Waals surface area contributed by atoms with Crippen LogP contribution in [0, 0.1) is 12.8 Å². The highest BCUT2D eigenvalue weighted by Crippen LogP contribution is 2.20. The number of amides is 2. The number of nitrogens with zero attached hydrogens (tertiary/aromatic N) is 3. The molecular weight excluding hydrogens is 348 g/mol. The zero-order chi connectivity index (χ0) is 18.5. The summed E-state index contributed by atoms with van der Waals surface area (Å²) >= 11 is 5.19. The number of benzene rings is 1. The van der Waals surface area contributed by atoms with Crippen LogP contribution in [-0.2, 0) is 9.59 Å². The molecule has 1 aromatic rings. The Morgan fingerprint density at radius 2 is 1.88 bits per heavy atom. The Kier molecular flexibility index (Phi) is 6.11. The minimum absolute atomic E-state index is 0.113. The van der Waals surface area contributed by atoms with Gasteiger partial charge in [-0.05, 0) is 57.2 Å². The molecule has 3 rings (SSSR count). The fraction of sp³-hybridized carbons (Fsp3) is 0.474. The summed E-state index contributed by atoms with van der Waals surface area (Å²) in [5.74, 6) is -1.71. The van der Waals surface area contributed by atoms with Crippen molar-refractivity contribution in [3.8, 4) is 0 Å². The van der Waals surface area contributed by atoms with Gasteiger partial charge in [0, 0.05) is 12.8 Å². The van der Waals surface area contributed by atoms with Gasteiger partial charge in [0.2, 0.25) is 5.91 Å². The van der Waals surface area contributed by atoms with Crippen molar-refractivity contribution in [2.75, 3.05) is 31.1 Å². The van der Waals surface area contributed by atoms with Crippen molar-refractivity contribution in [3.05, 3.63) is 29.8 Å². The van der Waals surface area contributed by atoms with Gasteiger partial charge in [-0.1, -0.05) is 24.1 Å². The average Bonchev–Trinajstić information content (AvgIpc) is 2.63. The SMILES string of the molecule is Cc1ccc(N2C(=O)[C@H](C=NCCN3CCCCC3)C(=O)NC2=S)cc1. The highest BCUT2D eigenvalue weighted by atomic mass is 32.1. The van der Waals surface area contributed by atoms with Gasteiger partial charge in [0.15, 0.2) is 11.0 Å². The average molecular weight is 372 g/mol. The molecule has 2 heterocycles. The molecule has 2 amide bonds. The fourth-order valence-corrected chi connectivity index (χ4v) is 3.52. The molecular formula is C19H24N4O2S. The van der Waals surface area contributed by atoms with E-state index in [4.69, 9.17) is 12.2 Å². The molecule has 7 heteroatoms. The zero-order valence-corrected chi connectivity index (χ0v) is 15.8. The van der Waals surface area contributed by atoms with Crippen molar-refractivity contribution in [3.63, 3.8) is 0 Å². The minimum atomic E-state index is -0.940. The van der Waals surface area contributed by atoms with Crippen molar-refractivity contribution in [1.82, 2.24) is 10.2 Å². The third kappa shape index (κ3) is 4.34. The molecule has 1 N–H and O–H groups in total. The van der Waals surface area contributed by atoms with Crippen LogP contribution in [0.15, 0.2) is 29.3 Å². The summed E-state index contributed by atoms with van der Waals surface area (Å²) in [7, 11) is 0. The highest BCUT2D eigenvalue weighted by Gasteiger charge is 2.38. The van der Waals surface area contributed by atoms with Gasteiger partial charge < -0.3 is 10.2 Å². The molecule has 2 aliphatic heterocycles. The third-order valence-corrected chi connectivity index (χ3v) is 5.03. The van der Waals surface area contributed by atoms with Crippen LogP contribution in [0.3, 0.4) is 0 Å². The smallest absolute Gasteiger partial charge is 0.251 e. The summed E-state index contributed by atoms with van der Waals surface area (Å²) < 4.78 is 0. The number of hydrogen-bond donors (Lipinski definition) is 1. The minimum Gasteiger partial charge on any atom is -0.302 e. The number of aryl methyl sites for hydroxylation is 1. The van der Waals surface area contributed by atoms with Crippen LogP contribution in [0.4, 0.5) is 5.69 Å². The van der Waals surface area contributed by atoms with Gasteiger partial charge in [-0.25, -0.2) is 0 Å². The summed E-state index contributed by atoms with van der Waals surface area (Å²) in [4.78, 5) is 33.1. The number of thiocarbonyl (C=S) groups is 1. The number of anilines is 1. The maximum absolute atomic E-state index is 12.8. The standard InChI is InChI=1S/C19H24N4O2S/c1-14-5-7-15(8-6-14)23-18(25)16(17(24)21-19(23)26)13-20-9-12-22-10-3-2-4-11-22/h5-8,13,16H,2-4,9-12H2,1H3,(H,21,24,26)/t16-/m1/s1. The Bertz CT molecular complexity index is 711. The lowest BCUT2D eigenvalue weighted by molar-refractivity contribution is -0.130. The maximum Gasteiger partial charge on any atom is 0.251 e. The lowest BCUT2D eigenvalue weighted by Crippen LogP contribution is -2.58. The Morgan fingerprint density at radius 3 is 2.58 bits per heavy atom.